The number of rotatable bonds is 4. The van der Waals surface area contributed by atoms with Gasteiger partial charge >= 0.3 is 11.9 Å². The van der Waals surface area contributed by atoms with Crippen molar-refractivity contribution in [2.45, 2.75) is 20.0 Å². The number of carboxylic acid groups (broad SMARTS) is 2. The summed E-state index contributed by atoms with van der Waals surface area (Å²) in [4.78, 5) is 21.7. The predicted molar refractivity (Wildman–Crippen MR) is 57.8 cm³/mol. The van der Waals surface area contributed by atoms with E-state index < -0.39 is 23.3 Å². The van der Waals surface area contributed by atoms with Gasteiger partial charge in [-0.2, -0.15) is 0 Å². The Hall–Kier alpha value is -2.24. The lowest BCUT2D eigenvalue weighted by atomic mass is 10.1. The van der Waals surface area contributed by atoms with Crippen LogP contribution in [0, 0.1) is 0 Å². The molecule has 0 fully saturated rings. The van der Waals surface area contributed by atoms with Crippen molar-refractivity contribution in [2.24, 2.45) is 0 Å². The van der Waals surface area contributed by atoms with Crippen LogP contribution in [0.4, 0.5) is 0 Å². The van der Waals surface area contributed by atoms with Crippen molar-refractivity contribution >= 4 is 11.9 Å². The lowest BCUT2D eigenvalue weighted by Gasteiger charge is -2.13. The fourth-order valence-electron chi connectivity index (χ4n) is 1.26. The third kappa shape index (κ3) is 2.87. The Morgan fingerprint density at radius 1 is 1.12 bits per heavy atom. The van der Waals surface area contributed by atoms with Gasteiger partial charge in [0.25, 0.3) is 0 Å². The summed E-state index contributed by atoms with van der Waals surface area (Å²) >= 11 is 0. The van der Waals surface area contributed by atoms with Gasteiger partial charge in [-0.05, 0) is 26.0 Å². The fourth-order valence-corrected chi connectivity index (χ4v) is 1.26. The molecule has 1 aromatic carbocycles. The van der Waals surface area contributed by atoms with E-state index in [1.54, 1.807) is 13.8 Å². The zero-order valence-electron chi connectivity index (χ0n) is 9.30. The number of benzene rings is 1. The molecule has 0 aromatic heterocycles. The minimum Gasteiger partial charge on any atom is -0.507 e. The normalized spacial score (nSPS) is 10.3. The Morgan fingerprint density at radius 2 is 1.65 bits per heavy atom. The molecule has 0 aliphatic rings. The summed E-state index contributed by atoms with van der Waals surface area (Å²) in [5.41, 5.74) is -0.674. The number of hydrogen-bond donors (Lipinski definition) is 3. The summed E-state index contributed by atoms with van der Waals surface area (Å²) in [5.74, 6) is -3.34. The summed E-state index contributed by atoms with van der Waals surface area (Å²) in [6.45, 7) is 3.36. The largest absolute Gasteiger partial charge is 0.507 e. The van der Waals surface area contributed by atoms with E-state index in [9.17, 15) is 14.7 Å². The first-order chi connectivity index (χ1) is 7.82. The van der Waals surface area contributed by atoms with E-state index >= 15 is 0 Å². The maximum absolute atomic E-state index is 10.9. The molecule has 3 N–H and O–H groups in total. The van der Waals surface area contributed by atoms with Crippen molar-refractivity contribution in [1.82, 2.24) is 0 Å². The van der Waals surface area contributed by atoms with Crippen LogP contribution in [0.5, 0.6) is 11.5 Å². The van der Waals surface area contributed by atoms with Crippen LogP contribution in [0.1, 0.15) is 34.6 Å². The van der Waals surface area contributed by atoms with Gasteiger partial charge in [-0.3, -0.25) is 0 Å². The standard InChI is InChI=1S/C11H12O6/c1-5(2)17-9-4-6(10(13)14)8(12)3-7(9)11(15)16/h3-5,12H,1-2H3,(H,13,14)(H,15,16). The minimum atomic E-state index is -1.35. The van der Waals surface area contributed by atoms with Gasteiger partial charge in [0.05, 0.1) is 6.10 Å². The Bertz CT molecular complexity index is 463. The second-order valence-electron chi connectivity index (χ2n) is 3.64. The smallest absolute Gasteiger partial charge is 0.339 e. The number of ether oxygens (including phenoxy) is 1. The van der Waals surface area contributed by atoms with E-state index in [4.69, 9.17) is 14.9 Å². The van der Waals surface area contributed by atoms with E-state index in [-0.39, 0.29) is 17.4 Å². The van der Waals surface area contributed by atoms with Gasteiger partial charge < -0.3 is 20.1 Å². The second-order valence-corrected chi connectivity index (χ2v) is 3.64. The van der Waals surface area contributed by atoms with Gasteiger partial charge in [-0.1, -0.05) is 0 Å². The molecule has 0 saturated carbocycles. The molecule has 6 nitrogen and oxygen atoms in total. The molecule has 1 rings (SSSR count). The number of aromatic carboxylic acids is 2. The van der Waals surface area contributed by atoms with Crippen LogP contribution in [0.15, 0.2) is 12.1 Å². The SMILES string of the molecule is CC(C)Oc1cc(C(=O)O)c(O)cc1C(=O)O. The van der Waals surface area contributed by atoms with Crippen LogP contribution in [-0.2, 0) is 0 Å². The van der Waals surface area contributed by atoms with Gasteiger partial charge in [-0.25, -0.2) is 9.59 Å². The quantitative estimate of drug-likeness (QED) is 0.738. The maximum Gasteiger partial charge on any atom is 0.339 e. The summed E-state index contributed by atoms with van der Waals surface area (Å²) < 4.78 is 5.20. The van der Waals surface area contributed by atoms with Crippen molar-refractivity contribution < 1.29 is 29.6 Å². The van der Waals surface area contributed by atoms with Gasteiger partial charge in [0.2, 0.25) is 0 Å². The van der Waals surface area contributed by atoms with Crippen LogP contribution in [0.2, 0.25) is 0 Å². The number of carboxylic acids is 2. The zero-order chi connectivity index (χ0) is 13.2. The molecule has 0 aliphatic carbocycles. The van der Waals surface area contributed by atoms with Crippen LogP contribution >= 0.6 is 0 Å². The monoisotopic (exact) mass is 240 g/mol. The minimum absolute atomic E-state index is 0.0808. The molecule has 92 valence electrons. The third-order valence-corrected chi connectivity index (χ3v) is 1.92. The molecule has 0 bridgehead atoms. The number of hydrogen-bond acceptors (Lipinski definition) is 4. The van der Waals surface area contributed by atoms with Crippen LogP contribution in [-0.4, -0.2) is 33.4 Å². The summed E-state index contributed by atoms with van der Waals surface area (Å²) in [6, 6.07) is 1.87. The summed E-state index contributed by atoms with van der Waals surface area (Å²) in [6.07, 6.45) is -0.306. The lowest BCUT2D eigenvalue weighted by molar-refractivity contribution is 0.0672. The van der Waals surface area contributed by atoms with Gasteiger partial charge in [-0.15, -0.1) is 0 Å². The predicted octanol–water partition coefficient (Wildman–Crippen LogP) is 1.58. The summed E-state index contributed by atoms with van der Waals surface area (Å²) in [7, 11) is 0. The van der Waals surface area contributed by atoms with E-state index in [1.807, 2.05) is 0 Å². The van der Waals surface area contributed by atoms with Crippen molar-refractivity contribution in [3.8, 4) is 11.5 Å². The Balaban J connectivity index is 3.36. The molecule has 0 aliphatic heterocycles. The maximum atomic E-state index is 10.9. The highest BCUT2D eigenvalue weighted by atomic mass is 16.5. The van der Waals surface area contributed by atoms with E-state index in [0.29, 0.717) is 0 Å². The number of phenols is 1. The number of aromatic hydroxyl groups is 1. The highest BCUT2D eigenvalue weighted by Crippen LogP contribution is 2.29. The topological polar surface area (TPSA) is 104 Å². The van der Waals surface area contributed by atoms with Crippen LogP contribution < -0.4 is 4.74 Å². The molecule has 0 saturated heterocycles. The lowest BCUT2D eigenvalue weighted by Crippen LogP contribution is -2.11. The van der Waals surface area contributed by atoms with E-state index in [1.165, 1.54) is 0 Å². The molecule has 0 radical (unpaired) electrons. The molecule has 6 heteroatoms. The average molecular weight is 240 g/mol. The van der Waals surface area contributed by atoms with Crippen molar-refractivity contribution in [2.75, 3.05) is 0 Å². The Kier molecular flexibility index (Phi) is 3.57. The second kappa shape index (κ2) is 4.73. The first-order valence-corrected chi connectivity index (χ1v) is 4.83. The first-order valence-electron chi connectivity index (χ1n) is 4.83. The molecule has 0 heterocycles. The van der Waals surface area contributed by atoms with Crippen LogP contribution in [0.25, 0.3) is 0 Å². The van der Waals surface area contributed by atoms with Crippen LogP contribution in [0.3, 0.4) is 0 Å². The molecule has 17 heavy (non-hydrogen) atoms. The molecule has 0 unspecified atom stereocenters. The molecule has 0 amide bonds. The number of carbonyl (C=O) groups is 2. The van der Waals surface area contributed by atoms with Gasteiger partial charge in [0, 0.05) is 0 Å². The Labute approximate surface area is 97.1 Å². The average Bonchev–Trinajstić information content (AvgIpc) is 2.18. The summed E-state index contributed by atoms with van der Waals surface area (Å²) in [5, 5.41) is 27.1. The Morgan fingerprint density at radius 3 is 2.06 bits per heavy atom. The molecule has 0 spiro atoms. The van der Waals surface area contributed by atoms with Crippen molar-refractivity contribution in [3.05, 3.63) is 23.3 Å². The van der Waals surface area contributed by atoms with Gasteiger partial charge in [0.15, 0.2) is 0 Å². The molecular weight excluding hydrogens is 228 g/mol. The first kappa shape index (κ1) is 12.8. The van der Waals surface area contributed by atoms with E-state index in [0.717, 1.165) is 12.1 Å². The molecule has 1 aromatic rings. The van der Waals surface area contributed by atoms with E-state index in [2.05, 4.69) is 0 Å². The van der Waals surface area contributed by atoms with Crippen molar-refractivity contribution in [3.63, 3.8) is 0 Å². The molecule has 0 atom stereocenters. The van der Waals surface area contributed by atoms with Gasteiger partial charge in [0.1, 0.15) is 22.6 Å². The zero-order valence-corrected chi connectivity index (χ0v) is 9.30. The third-order valence-electron chi connectivity index (χ3n) is 1.92. The fraction of sp³-hybridized carbons (Fsp3) is 0.273. The molecular formula is C11H12O6. The highest BCUT2D eigenvalue weighted by molar-refractivity contribution is 5.97. The highest BCUT2D eigenvalue weighted by Gasteiger charge is 2.19. The van der Waals surface area contributed by atoms with Crippen molar-refractivity contribution in [1.29, 1.82) is 0 Å².